The third-order valence-corrected chi connectivity index (χ3v) is 5.84. The Labute approximate surface area is 242 Å². The number of hydrogen-bond donors (Lipinski definition) is 0. The summed E-state index contributed by atoms with van der Waals surface area (Å²) in [5.41, 5.74) is 9.76. The average Bonchev–Trinajstić information content (AvgIpc) is 2.98. The lowest BCUT2D eigenvalue weighted by Crippen LogP contribution is -2.03. The van der Waals surface area contributed by atoms with Gasteiger partial charge in [0.25, 0.3) is 0 Å². The highest BCUT2D eigenvalue weighted by Crippen LogP contribution is 2.30. The van der Waals surface area contributed by atoms with Crippen LogP contribution in [0, 0.1) is 26.2 Å². The fraction of sp³-hybridized carbons (Fsp3) is 0.278. The molecule has 0 aliphatic carbocycles. The van der Waals surface area contributed by atoms with Gasteiger partial charge < -0.3 is 14.2 Å². The Morgan fingerprint density at radius 1 is 0.925 bits per heavy atom. The van der Waals surface area contributed by atoms with E-state index < -0.39 is 0 Å². The van der Waals surface area contributed by atoms with Crippen molar-refractivity contribution in [1.29, 1.82) is 0 Å². The summed E-state index contributed by atoms with van der Waals surface area (Å²) in [6, 6.07) is 23.1. The summed E-state index contributed by atoms with van der Waals surface area (Å²) >= 11 is 0. The standard InChI is InChI=1S/C32H33NO2.C2H6O.C2H5/c1-6-11-28-21-27(16-17-31(28)30-15-9-8-12-24(30)3)26(7-2)22-32(33-4)29-14-10-13-25(20-29)23-35-19-18-34-5;1-3-2;1-2/h1,7-10,12-17,20-22H,2,11,18-19,23H2,3-5H3;1-2H3;1H2,2H3/b26-22+,33-32?;;. The number of methoxy groups -OCH3 is 2. The minimum absolute atomic E-state index is 0.530. The van der Waals surface area contributed by atoms with Gasteiger partial charge in [0.15, 0.2) is 0 Å². The molecule has 0 aromatic heterocycles. The van der Waals surface area contributed by atoms with Gasteiger partial charge in [0, 0.05) is 40.4 Å². The number of allylic oxidation sites excluding steroid dienone is 3. The maximum Gasteiger partial charge on any atom is 0.0718 e. The van der Waals surface area contributed by atoms with E-state index in [0.717, 1.165) is 33.5 Å². The van der Waals surface area contributed by atoms with Crippen LogP contribution < -0.4 is 0 Å². The first kappa shape index (κ1) is 34.3. The van der Waals surface area contributed by atoms with Gasteiger partial charge >= 0.3 is 0 Å². The lowest BCUT2D eigenvalue weighted by molar-refractivity contribution is 0.0616. The molecule has 3 aromatic rings. The second-order valence-corrected chi connectivity index (χ2v) is 8.63. The molecule has 0 saturated heterocycles. The maximum atomic E-state index is 5.73. The quantitative estimate of drug-likeness (QED) is 0.108. The van der Waals surface area contributed by atoms with Gasteiger partial charge in [-0.1, -0.05) is 81.1 Å². The Morgan fingerprint density at radius 2 is 1.65 bits per heavy atom. The lowest BCUT2D eigenvalue weighted by Gasteiger charge is -2.14. The van der Waals surface area contributed by atoms with Crippen LogP contribution in [0.5, 0.6) is 0 Å². The summed E-state index contributed by atoms with van der Waals surface area (Å²) in [4.78, 5) is 4.56. The van der Waals surface area contributed by atoms with E-state index in [1.54, 1.807) is 35.3 Å². The molecular formula is C36H44NO3. The topological polar surface area (TPSA) is 40.0 Å². The lowest BCUT2D eigenvalue weighted by atomic mass is 9.91. The first-order chi connectivity index (χ1) is 19.5. The highest BCUT2D eigenvalue weighted by Gasteiger charge is 2.11. The molecule has 3 aromatic carbocycles. The van der Waals surface area contributed by atoms with E-state index >= 15 is 0 Å². The van der Waals surface area contributed by atoms with Crippen molar-refractivity contribution in [2.75, 3.05) is 41.6 Å². The van der Waals surface area contributed by atoms with Crippen molar-refractivity contribution in [3.63, 3.8) is 0 Å². The van der Waals surface area contributed by atoms with Crippen molar-refractivity contribution in [1.82, 2.24) is 0 Å². The second kappa shape index (κ2) is 20.2. The summed E-state index contributed by atoms with van der Waals surface area (Å²) in [6.07, 6.45) is 10.2. The largest absolute Gasteiger partial charge is 0.388 e. The van der Waals surface area contributed by atoms with Crippen LogP contribution in [0.4, 0.5) is 0 Å². The highest BCUT2D eigenvalue weighted by atomic mass is 16.5. The molecule has 40 heavy (non-hydrogen) atoms. The molecule has 0 N–H and O–H groups in total. The monoisotopic (exact) mass is 538 g/mol. The fourth-order valence-corrected chi connectivity index (χ4v) is 4.00. The van der Waals surface area contributed by atoms with Gasteiger partial charge in [-0.3, -0.25) is 4.99 Å². The zero-order valence-corrected chi connectivity index (χ0v) is 25.0. The molecule has 0 bridgehead atoms. The van der Waals surface area contributed by atoms with E-state index in [4.69, 9.17) is 15.9 Å². The molecule has 4 nitrogen and oxygen atoms in total. The molecule has 0 heterocycles. The van der Waals surface area contributed by atoms with Gasteiger partial charge in [-0.15, -0.1) is 12.3 Å². The van der Waals surface area contributed by atoms with Gasteiger partial charge in [0.1, 0.15) is 0 Å². The SMILES string of the molecule is C#CCc1cc(/C(C=C)=C/C(=NC)c2cccc(COCCOC)c2)ccc1-c1ccccc1C.COC.[CH2]C. The van der Waals surface area contributed by atoms with Gasteiger partial charge in [-0.25, -0.2) is 0 Å². The first-order valence-electron chi connectivity index (χ1n) is 13.2. The Bertz CT molecular complexity index is 1280. The van der Waals surface area contributed by atoms with Crippen LogP contribution in [0.3, 0.4) is 0 Å². The van der Waals surface area contributed by atoms with E-state index in [-0.39, 0.29) is 0 Å². The molecule has 0 aliphatic rings. The number of rotatable bonds is 11. The number of aliphatic imine (C=N–C) groups is 1. The van der Waals surface area contributed by atoms with Gasteiger partial charge in [-0.05, 0) is 64.1 Å². The molecule has 0 amide bonds. The van der Waals surface area contributed by atoms with E-state index in [2.05, 4.69) is 103 Å². The van der Waals surface area contributed by atoms with Crippen molar-refractivity contribution < 1.29 is 14.2 Å². The maximum absolute atomic E-state index is 5.73. The summed E-state index contributed by atoms with van der Waals surface area (Å²) in [5.74, 6) is 2.82. The van der Waals surface area contributed by atoms with E-state index in [0.29, 0.717) is 26.2 Å². The number of terminal acetylenes is 1. The normalized spacial score (nSPS) is 10.9. The number of nitrogens with zero attached hydrogens (tertiary/aromatic N) is 1. The van der Waals surface area contributed by atoms with E-state index in [1.165, 1.54) is 16.7 Å². The summed E-state index contributed by atoms with van der Waals surface area (Å²) in [6.45, 7) is 12.9. The number of benzene rings is 3. The highest BCUT2D eigenvalue weighted by molar-refractivity contribution is 6.13. The van der Waals surface area contributed by atoms with Crippen LogP contribution >= 0.6 is 0 Å². The third-order valence-electron chi connectivity index (χ3n) is 5.84. The van der Waals surface area contributed by atoms with Crippen LogP contribution in [0.1, 0.15) is 34.7 Å². The zero-order chi connectivity index (χ0) is 29.8. The predicted octanol–water partition coefficient (Wildman–Crippen LogP) is 7.79. The van der Waals surface area contributed by atoms with Gasteiger partial charge in [0.2, 0.25) is 0 Å². The molecule has 4 heteroatoms. The molecule has 0 spiro atoms. The van der Waals surface area contributed by atoms with Crippen LogP contribution in [0.25, 0.3) is 16.7 Å². The minimum atomic E-state index is 0.530. The molecule has 0 unspecified atom stereocenters. The third kappa shape index (κ3) is 10.8. The Hall–Kier alpha value is -3.75. The minimum Gasteiger partial charge on any atom is -0.388 e. The average molecular weight is 539 g/mol. The molecule has 1 radical (unpaired) electrons. The molecular weight excluding hydrogens is 494 g/mol. The molecule has 3 rings (SSSR count). The van der Waals surface area contributed by atoms with Crippen molar-refractivity contribution in [2.45, 2.75) is 26.9 Å². The molecule has 0 fully saturated rings. The second-order valence-electron chi connectivity index (χ2n) is 8.63. The first-order valence-corrected chi connectivity index (χ1v) is 13.2. The Morgan fingerprint density at radius 3 is 2.27 bits per heavy atom. The number of hydrogen-bond acceptors (Lipinski definition) is 4. The van der Waals surface area contributed by atoms with Gasteiger partial charge in [-0.2, -0.15) is 0 Å². The number of ether oxygens (including phenoxy) is 3. The molecule has 0 aliphatic heterocycles. The van der Waals surface area contributed by atoms with Crippen LogP contribution in [-0.2, 0) is 27.2 Å². The Balaban J connectivity index is 0.00000150. The molecule has 0 saturated carbocycles. The molecule has 0 atom stereocenters. The van der Waals surface area contributed by atoms with Gasteiger partial charge in [0.05, 0.1) is 25.5 Å². The summed E-state index contributed by atoms with van der Waals surface area (Å²) in [7, 11) is 6.72. The smallest absolute Gasteiger partial charge is 0.0718 e. The summed E-state index contributed by atoms with van der Waals surface area (Å²) in [5, 5.41) is 0. The number of aryl methyl sites for hydroxylation is 1. The molecule has 211 valence electrons. The van der Waals surface area contributed by atoms with Crippen molar-refractivity contribution in [3.8, 4) is 23.5 Å². The zero-order valence-electron chi connectivity index (χ0n) is 25.0. The van der Waals surface area contributed by atoms with E-state index in [9.17, 15) is 0 Å². The predicted molar refractivity (Wildman–Crippen MR) is 172 cm³/mol. The van der Waals surface area contributed by atoms with E-state index in [1.807, 2.05) is 12.1 Å². The van der Waals surface area contributed by atoms with Crippen molar-refractivity contribution >= 4 is 11.3 Å². The van der Waals surface area contributed by atoms with Crippen molar-refractivity contribution in [3.05, 3.63) is 120 Å². The Kier molecular flexibility index (Phi) is 17.3. The van der Waals surface area contributed by atoms with Crippen LogP contribution in [0.15, 0.2) is 90.5 Å². The fourth-order valence-electron chi connectivity index (χ4n) is 4.00. The summed E-state index contributed by atoms with van der Waals surface area (Å²) < 4.78 is 15.0. The van der Waals surface area contributed by atoms with Crippen molar-refractivity contribution in [2.24, 2.45) is 4.99 Å². The van der Waals surface area contributed by atoms with Crippen LogP contribution in [0.2, 0.25) is 0 Å². The van der Waals surface area contributed by atoms with Crippen LogP contribution in [-0.4, -0.2) is 47.3 Å².